The van der Waals surface area contributed by atoms with Crippen molar-refractivity contribution >= 4 is 61.3 Å². The molecule has 14 nitrogen and oxygen atoms in total. The quantitative estimate of drug-likeness (QED) is 0.0959. The van der Waals surface area contributed by atoms with E-state index >= 15 is 0 Å². The minimum absolute atomic E-state index is 0.163. The topological polar surface area (TPSA) is 160 Å². The first-order chi connectivity index (χ1) is 21.6. The van der Waals surface area contributed by atoms with Gasteiger partial charge in [-0.05, 0) is 24.1 Å². The van der Waals surface area contributed by atoms with Crippen LogP contribution in [0.4, 0.5) is 5.82 Å². The Morgan fingerprint density at radius 3 is 2.86 bits per heavy atom. The molecule has 5 heterocycles. The zero-order chi connectivity index (χ0) is 30.5. The predicted octanol–water partition coefficient (Wildman–Crippen LogP) is 3.61. The lowest BCUT2D eigenvalue weighted by Crippen LogP contribution is -2.24. The Labute approximate surface area is 260 Å². The number of thiazole rings is 1. The summed E-state index contributed by atoms with van der Waals surface area (Å²) in [5.41, 5.74) is 3.23. The molecule has 0 amide bonds. The van der Waals surface area contributed by atoms with Crippen LogP contribution in [-0.4, -0.2) is 83.9 Å². The lowest BCUT2D eigenvalue weighted by molar-refractivity contribution is 0.0441. The average molecular weight is 637 g/mol. The number of rotatable bonds is 15. The number of aromatic nitrogens is 9. The Kier molecular flexibility index (Phi) is 9.30. The van der Waals surface area contributed by atoms with E-state index in [0.29, 0.717) is 67.2 Å². The second kappa shape index (κ2) is 13.7. The highest BCUT2D eigenvalue weighted by Crippen LogP contribution is 2.31. The van der Waals surface area contributed by atoms with Gasteiger partial charge in [0.05, 0.1) is 51.0 Å². The first-order valence-electron chi connectivity index (χ1n) is 14.1. The van der Waals surface area contributed by atoms with E-state index in [-0.39, 0.29) is 5.56 Å². The zero-order valence-electron chi connectivity index (χ0n) is 24.6. The van der Waals surface area contributed by atoms with Crippen LogP contribution in [0, 0.1) is 0 Å². The normalized spacial score (nSPS) is 11.7. The molecular weight excluding hydrogens is 605 g/mol. The number of benzene rings is 1. The fourth-order valence-corrected chi connectivity index (χ4v) is 6.42. The second-order valence-electron chi connectivity index (χ2n) is 9.83. The highest BCUT2D eigenvalue weighted by atomic mass is 32.2. The van der Waals surface area contributed by atoms with Gasteiger partial charge < -0.3 is 24.1 Å². The third kappa shape index (κ3) is 6.38. The smallest absolute Gasteiger partial charge is 0.291 e. The molecule has 0 radical (unpaired) electrons. The van der Waals surface area contributed by atoms with E-state index in [4.69, 9.17) is 19.2 Å². The minimum Gasteiger partial charge on any atom is -0.497 e. The minimum atomic E-state index is -0.163. The molecule has 5 aromatic heterocycles. The first kappa shape index (κ1) is 29.9. The van der Waals surface area contributed by atoms with Crippen LogP contribution in [0.1, 0.15) is 23.9 Å². The molecule has 0 atom stereocenters. The number of thioether (sulfide) groups is 1. The van der Waals surface area contributed by atoms with Crippen LogP contribution < -0.4 is 15.6 Å². The molecule has 1 aromatic carbocycles. The highest BCUT2D eigenvalue weighted by molar-refractivity contribution is 7.99. The van der Waals surface area contributed by atoms with Gasteiger partial charge >= 0.3 is 0 Å². The van der Waals surface area contributed by atoms with E-state index in [1.807, 2.05) is 35.9 Å². The van der Waals surface area contributed by atoms with Crippen molar-refractivity contribution in [3.63, 3.8) is 0 Å². The molecule has 44 heavy (non-hydrogen) atoms. The monoisotopic (exact) mass is 636 g/mol. The fourth-order valence-electron chi connectivity index (χ4n) is 4.68. The Hall–Kier alpha value is -4.12. The summed E-state index contributed by atoms with van der Waals surface area (Å²) in [5.74, 6) is 2.31. The number of nitrogens with zero attached hydrogens (tertiary/aromatic N) is 8. The van der Waals surface area contributed by atoms with Gasteiger partial charge in [0, 0.05) is 24.7 Å². The molecular formula is C28H32N10O4S2. The van der Waals surface area contributed by atoms with Gasteiger partial charge in [-0.3, -0.25) is 4.79 Å². The van der Waals surface area contributed by atoms with E-state index in [1.54, 1.807) is 25.1 Å². The SMILES string of the molecule is CCCSc1nc(NCCOCCOCc2nc3c(s2)c2cnn(Cc4cccc(OC)c4)c(=O)c2n3C)c2n[nH]nc2n1. The van der Waals surface area contributed by atoms with Crippen LogP contribution in [0.15, 0.2) is 40.4 Å². The number of aryl methyl sites for hydroxylation is 1. The number of fused-ring (bicyclic) bond motifs is 4. The van der Waals surface area contributed by atoms with Crippen LogP contribution in [0.25, 0.3) is 32.4 Å². The average Bonchev–Trinajstić information content (AvgIpc) is 3.75. The fraction of sp³-hybridized carbons (Fsp3) is 0.393. The van der Waals surface area contributed by atoms with Gasteiger partial charge in [-0.2, -0.15) is 20.4 Å². The summed E-state index contributed by atoms with van der Waals surface area (Å²) in [7, 11) is 3.47. The van der Waals surface area contributed by atoms with Crippen LogP contribution in [0.2, 0.25) is 0 Å². The Bertz CT molecular complexity index is 1950. The standard InChI is InChI=1S/C28H32N10O4S2/c1-4-12-43-28-32-24(21-25(33-28)35-36-34-21)29-8-9-41-10-11-42-16-20-31-26-23(44-20)19-14-30-38(27(39)22(19)37(26)2)15-17-6-5-7-18(13-17)40-3/h5-7,13-14H,4,8-12,15-16H2,1-3H3,(H2,29,32,33,34,35,36). The van der Waals surface area contributed by atoms with Gasteiger partial charge in [-0.15, -0.1) is 16.4 Å². The van der Waals surface area contributed by atoms with Crippen LogP contribution in [-0.2, 0) is 29.7 Å². The Morgan fingerprint density at radius 1 is 1.11 bits per heavy atom. The van der Waals surface area contributed by atoms with Crippen molar-refractivity contribution < 1.29 is 14.2 Å². The van der Waals surface area contributed by atoms with E-state index in [9.17, 15) is 4.79 Å². The van der Waals surface area contributed by atoms with Crippen molar-refractivity contribution in [3.05, 3.63) is 51.4 Å². The molecule has 6 rings (SSSR count). The molecule has 0 bridgehead atoms. The van der Waals surface area contributed by atoms with E-state index in [0.717, 1.165) is 44.2 Å². The third-order valence-corrected chi connectivity index (χ3v) is 8.88. The van der Waals surface area contributed by atoms with Crippen molar-refractivity contribution in [2.75, 3.05) is 44.5 Å². The number of aromatic amines is 1. The van der Waals surface area contributed by atoms with Crippen LogP contribution >= 0.6 is 23.1 Å². The molecule has 0 saturated carbocycles. The van der Waals surface area contributed by atoms with Crippen LogP contribution in [0.3, 0.4) is 0 Å². The van der Waals surface area contributed by atoms with E-state index in [1.165, 1.54) is 16.0 Å². The largest absolute Gasteiger partial charge is 0.497 e. The molecule has 0 aliphatic carbocycles. The Balaban J connectivity index is 0.995. The van der Waals surface area contributed by atoms with Gasteiger partial charge in [0.2, 0.25) is 5.65 Å². The number of hydrogen-bond donors (Lipinski definition) is 2. The molecule has 2 N–H and O–H groups in total. The van der Waals surface area contributed by atoms with Crippen molar-refractivity contribution in [2.45, 2.75) is 31.7 Å². The summed E-state index contributed by atoms with van der Waals surface area (Å²) in [6, 6.07) is 7.61. The van der Waals surface area contributed by atoms with Gasteiger partial charge in [0.15, 0.2) is 22.1 Å². The van der Waals surface area contributed by atoms with E-state index in [2.05, 4.69) is 42.7 Å². The van der Waals surface area contributed by atoms with Crippen molar-refractivity contribution in [2.24, 2.45) is 7.05 Å². The van der Waals surface area contributed by atoms with Gasteiger partial charge in [0.1, 0.15) is 16.3 Å². The van der Waals surface area contributed by atoms with Crippen molar-refractivity contribution in [1.82, 2.24) is 44.7 Å². The number of ether oxygens (including phenoxy) is 3. The summed E-state index contributed by atoms with van der Waals surface area (Å²) < 4.78 is 21.1. The molecule has 0 unspecified atom stereocenters. The summed E-state index contributed by atoms with van der Waals surface area (Å²) in [5, 5.41) is 20.8. The summed E-state index contributed by atoms with van der Waals surface area (Å²) in [6.07, 6.45) is 2.77. The lowest BCUT2D eigenvalue weighted by Gasteiger charge is -2.08. The lowest BCUT2D eigenvalue weighted by atomic mass is 10.2. The molecule has 0 spiro atoms. The molecule has 0 aliphatic rings. The maximum absolute atomic E-state index is 13.3. The third-order valence-electron chi connectivity index (χ3n) is 6.77. The van der Waals surface area contributed by atoms with Gasteiger partial charge in [-0.25, -0.2) is 14.6 Å². The number of methoxy groups -OCH3 is 1. The summed E-state index contributed by atoms with van der Waals surface area (Å²) in [4.78, 5) is 27.1. The van der Waals surface area contributed by atoms with Crippen molar-refractivity contribution in [1.29, 1.82) is 0 Å². The predicted molar refractivity (Wildman–Crippen MR) is 170 cm³/mol. The maximum Gasteiger partial charge on any atom is 0.291 e. The summed E-state index contributed by atoms with van der Waals surface area (Å²) in [6.45, 7) is 4.70. The molecule has 230 valence electrons. The number of H-pyrrole nitrogens is 1. The molecule has 6 aromatic rings. The Morgan fingerprint density at radius 2 is 2.00 bits per heavy atom. The molecule has 0 fully saturated rings. The maximum atomic E-state index is 13.3. The van der Waals surface area contributed by atoms with Crippen LogP contribution in [0.5, 0.6) is 5.75 Å². The number of nitrogens with one attached hydrogen (secondary N) is 2. The molecule has 16 heteroatoms. The molecule has 0 aliphatic heterocycles. The van der Waals surface area contributed by atoms with Crippen molar-refractivity contribution in [3.8, 4) is 5.75 Å². The number of anilines is 1. The number of hydrogen-bond acceptors (Lipinski definition) is 13. The van der Waals surface area contributed by atoms with Gasteiger partial charge in [-0.1, -0.05) is 30.8 Å². The van der Waals surface area contributed by atoms with E-state index < -0.39 is 0 Å². The highest BCUT2D eigenvalue weighted by Gasteiger charge is 2.18. The first-order valence-corrected chi connectivity index (χ1v) is 15.9. The zero-order valence-corrected chi connectivity index (χ0v) is 26.2. The summed E-state index contributed by atoms with van der Waals surface area (Å²) >= 11 is 3.10. The second-order valence-corrected chi connectivity index (χ2v) is 12.0. The van der Waals surface area contributed by atoms with Gasteiger partial charge in [0.25, 0.3) is 5.56 Å². The molecule has 0 saturated heterocycles.